The topological polar surface area (TPSA) is 16.1 Å². The van der Waals surface area contributed by atoms with Crippen LogP contribution in [0.1, 0.15) is 16.0 Å². The predicted octanol–water partition coefficient (Wildman–Crippen LogP) is 4.10. The summed E-state index contributed by atoms with van der Waals surface area (Å²) in [5, 5.41) is 2.80. The minimum absolute atomic E-state index is 0.423. The van der Waals surface area contributed by atoms with Crippen molar-refractivity contribution in [1.29, 1.82) is 0 Å². The highest BCUT2D eigenvalue weighted by Gasteiger charge is 2.18. The number of hydrogen-bond donors (Lipinski definition) is 0. The van der Waals surface area contributed by atoms with Crippen molar-refractivity contribution in [1.82, 2.24) is 4.98 Å². The van der Waals surface area contributed by atoms with Crippen LogP contribution in [-0.2, 0) is 18.8 Å². The fourth-order valence-corrected chi connectivity index (χ4v) is 3.54. The molecule has 18 heavy (non-hydrogen) atoms. The molecule has 2 nitrogen and oxygen atoms in total. The van der Waals surface area contributed by atoms with Gasteiger partial charge in [0.2, 0.25) is 0 Å². The van der Waals surface area contributed by atoms with Crippen LogP contribution >= 0.6 is 34.5 Å². The van der Waals surface area contributed by atoms with E-state index in [0.29, 0.717) is 10.9 Å². The van der Waals surface area contributed by atoms with E-state index in [1.165, 1.54) is 10.4 Å². The van der Waals surface area contributed by atoms with Gasteiger partial charge >= 0.3 is 0 Å². The van der Waals surface area contributed by atoms with E-state index in [1.54, 1.807) is 6.20 Å². The summed E-state index contributed by atoms with van der Waals surface area (Å²) in [6.07, 6.45) is 2.78. The van der Waals surface area contributed by atoms with Gasteiger partial charge in [0.15, 0.2) is 0 Å². The van der Waals surface area contributed by atoms with Gasteiger partial charge in [-0.05, 0) is 35.1 Å². The Morgan fingerprint density at radius 3 is 3.17 bits per heavy atom. The van der Waals surface area contributed by atoms with Gasteiger partial charge in [0.05, 0.1) is 5.02 Å². The van der Waals surface area contributed by atoms with E-state index < -0.39 is 0 Å². The number of anilines is 1. The zero-order chi connectivity index (χ0) is 12.5. The van der Waals surface area contributed by atoms with Crippen LogP contribution in [0.25, 0.3) is 0 Å². The van der Waals surface area contributed by atoms with Gasteiger partial charge in [-0.1, -0.05) is 11.6 Å². The van der Waals surface area contributed by atoms with E-state index in [-0.39, 0.29) is 0 Å². The molecule has 0 bridgehead atoms. The molecular formula is C13H12Cl2N2S. The SMILES string of the molecule is ClCc1cc(N2CCc3sccc3C2)ncc1Cl. The third kappa shape index (κ3) is 2.22. The number of halogens is 2. The van der Waals surface area contributed by atoms with E-state index in [9.17, 15) is 0 Å². The predicted molar refractivity (Wildman–Crippen MR) is 77.9 cm³/mol. The van der Waals surface area contributed by atoms with Crippen molar-refractivity contribution in [3.63, 3.8) is 0 Å². The van der Waals surface area contributed by atoms with Crippen LogP contribution in [0.4, 0.5) is 5.82 Å². The first-order valence-corrected chi connectivity index (χ1v) is 7.57. The lowest BCUT2D eigenvalue weighted by atomic mass is 10.1. The molecular weight excluding hydrogens is 287 g/mol. The monoisotopic (exact) mass is 298 g/mol. The van der Waals surface area contributed by atoms with E-state index in [4.69, 9.17) is 23.2 Å². The Hall–Kier alpha value is -0.770. The van der Waals surface area contributed by atoms with Gasteiger partial charge in [-0.2, -0.15) is 0 Å². The molecule has 2 aromatic heterocycles. The molecule has 0 unspecified atom stereocenters. The highest BCUT2D eigenvalue weighted by molar-refractivity contribution is 7.10. The third-order valence-electron chi connectivity index (χ3n) is 3.20. The van der Waals surface area contributed by atoms with Crippen molar-refractivity contribution >= 4 is 40.4 Å². The number of alkyl halides is 1. The first-order chi connectivity index (χ1) is 8.78. The van der Waals surface area contributed by atoms with Crippen molar-refractivity contribution in [2.75, 3.05) is 11.4 Å². The van der Waals surface area contributed by atoms with Gasteiger partial charge in [0.25, 0.3) is 0 Å². The smallest absolute Gasteiger partial charge is 0.129 e. The molecule has 2 aromatic rings. The Balaban J connectivity index is 1.88. The average molecular weight is 299 g/mol. The van der Waals surface area contributed by atoms with Gasteiger partial charge in [-0.3, -0.25) is 0 Å². The van der Waals surface area contributed by atoms with Crippen LogP contribution in [-0.4, -0.2) is 11.5 Å². The van der Waals surface area contributed by atoms with Crippen LogP contribution in [0.2, 0.25) is 5.02 Å². The Morgan fingerprint density at radius 1 is 1.44 bits per heavy atom. The van der Waals surface area contributed by atoms with E-state index in [2.05, 4.69) is 21.3 Å². The zero-order valence-corrected chi connectivity index (χ0v) is 12.0. The lowest BCUT2D eigenvalue weighted by molar-refractivity contribution is 0.731. The summed E-state index contributed by atoms with van der Waals surface area (Å²) in [7, 11) is 0. The first kappa shape index (κ1) is 12.3. The highest BCUT2D eigenvalue weighted by atomic mass is 35.5. The number of aromatic nitrogens is 1. The number of fused-ring (bicyclic) bond motifs is 1. The summed E-state index contributed by atoms with van der Waals surface area (Å²) < 4.78 is 0. The minimum Gasteiger partial charge on any atom is -0.352 e. The molecule has 94 valence electrons. The van der Waals surface area contributed by atoms with Crippen molar-refractivity contribution in [2.24, 2.45) is 0 Å². The molecule has 1 aliphatic heterocycles. The summed E-state index contributed by atoms with van der Waals surface area (Å²) in [4.78, 5) is 8.18. The molecule has 0 N–H and O–H groups in total. The molecule has 0 amide bonds. The molecule has 0 radical (unpaired) electrons. The van der Waals surface area contributed by atoms with Crippen molar-refractivity contribution in [2.45, 2.75) is 18.8 Å². The molecule has 0 aromatic carbocycles. The number of thiophene rings is 1. The average Bonchev–Trinajstić information content (AvgIpc) is 2.86. The second-order valence-corrected chi connectivity index (χ2v) is 5.98. The molecule has 0 saturated carbocycles. The number of nitrogens with zero attached hydrogens (tertiary/aromatic N) is 2. The normalized spacial score (nSPS) is 14.7. The molecule has 1 aliphatic rings. The molecule has 3 rings (SSSR count). The van der Waals surface area contributed by atoms with E-state index >= 15 is 0 Å². The highest BCUT2D eigenvalue weighted by Crippen LogP contribution is 2.28. The summed E-state index contributed by atoms with van der Waals surface area (Å²) >= 11 is 13.8. The van der Waals surface area contributed by atoms with Crippen LogP contribution in [0.5, 0.6) is 0 Å². The summed E-state index contributed by atoms with van der Waals surface area (Å²) in [5.74, 6) is 1.39. The third-order valence-corrected chi connectivity index (χ3v) is 4.85. The molecule has 0 aliphatic carbocycles. The Morgan fingerprint density at radius 2 is 2.33 bits per heavy atom. The van der Waals surface area contributed by atoms with Crippen molar-refractivity contribution < 1.29 is 0 Å². The number of rotatable bonds is 2. The van der Waals surface area contributed by atoms with Crippen LogP contribution in [0.15, 0.2) is 23.7 Å². The summed E-state index contributed by atoms with van der Waals surface area (Å²) in [5.41, 5.74) is 2.36. The Labute approximate surface area is 120 Å². The zero-order valence-electron chi connectivity index (χ0n) is 9.70. The number of pyridine rings is 1. The lowest BCUT2D eigenvalue weighted by Gasteiger charge is -2.28. The minimum atomic E-state index is 0.423. The van der Waals surface area contributed by atoms with Crippen LogP contribution in [0.3, 0.4) is 0 Å². The first-order valence-electron chi connectivity index (χ1n) is 5.78. The van der Waals surface area contributed by atoms with Gasteiger partial charge in [0.1, 0.15) is 5.82 Å². The molecule has 0 fully saturated rings. The number of hydrogen-bond acceptors (Lipinski definition) is 3. The van der Waals surface area contributed by atoms with Gasteiger partial charge in [0, 0.05) is 30.0 Å². The molecule has 3 heterocycles. The van der Waals surface area contributed by atoms with Gasteiger partial charge in [-0.15, -0.1) is 22.9 Å². The van der Waals surface area contributed by atoms with Crippen molar-refractivity contribution in [3.05, 3.63) is 44.7 Å². The molecule has 0 atom stereocenters. The maximum Gasteiger partial charge on any atom is 0.129 e. The molecule has 0 saturated heterocycles. The molecule has 0 spiro atoms. The van der Waals surface area contributed by atoms with E-state index in [0.717, 1.165) is 30.9 Å². The summed E-state index contributed by atoms with van der Waals surface area (Å²) in [6, 6.07) is 4.19. The fraction of sp³-hybridized carbons (Fsp3) is 0.308. The largest absolute Gasteiger partial charge is 0.352 e. The van der Waals surface area contributed by atoms with Crippen molar-refractivity contribution in [3.8, 4) is 0 Å². The fourth-order valence-electron chi connectivity index (χ4n) is 2.19. The summed E-state index contributed by atoms with van der Waals surface area (Å²) in [6.45, 7) is 1.93. The van der Waals surface area contributed by atoms with Crippen LogP contribution < -0.4 is 4.90 Å². The maximum atomic E-state index is 6.04. The van der Waals surface area contributed by atoms with Gasteiger partial charge < -0.3 is 4.90 Å². The second-order valence-electron chi connectivity index (χ2n) is 4.31. The quantitative estimate of drug-likeness (QED) is 0.776. The standard InChI is InChI=1S/C13H12Cl2N2S/c14-6-10-5-13(16-7-11(10)15)17-3-1-12-9(8-17)2-4-18-12/h2,4-5,7H,1,3,6,8H2. The van der Waals surface area contributed by atoms with Gasteiger partial charge in [-0.25, -0.2) is 4.98 Å². The Bertz CT molecular complexity index is 568. The second kappa shape index (κ2) is 5.08. The van der Waals surface area contributed by atoms with E-state index in [1.807, 2.05) is 17.4 Å². The lowest BCUT2D eigenvalue weighted by Crippen LogP contribution is -2.30. The Kier molecular flexibility index (Phi) is 3.46. The maximum absolute atomic E-state index is 6.04. The van der Waals surface area contributed by atoms with Crippen LogP contribution in [0, 0.1) is 0 Å². The molecule has 5 heteroatoms.